The van der Waals surface area contributed by atoms with Gasteiger partial charge in [-0.15, -0.1) is 22.7 Å². The molecule has 2 aromatic heterocycles. The summed E-state index contributed by atoms with van der Waals surface area (Å²) in [6.07, 6.45) is 4.04. The summed E-state index contributed by atoms with van der Waals surface area (Å²) in [6, 6.07) is 75.8. The van der Waals surface area contributed by atoms with Crippen LogP contribution in [-0.2, 0) is 10.8 Å². The molecule has 2 aliphatic carbocycles. The Bertz CT molecular complexity index is 3440. The largest absolute Gasteiger partial charge is 0.310 e. The van der Waals surface area contributed by atoms with E-state index in [4.69, 9.17) is 9.97 Å². The molecule has 0 N–H and O–H groups in total. The molecule has 0 unspecified atom stereocenters. The van der Waals surface area contributed by atoms with E-state index in [1.165, 1.54) is 67.0 Å². The molecule has 0 saturated heterocycles. The van der Waals surface area contributed by atoms with E-state index in [9.17, 15) is 0 Å². The van der Waals surface area contributed by atoms with E-state index in [-0.39, 0.29) is 10.8 Å². The zero-order chi connectivity index (χ0) is 48.6. The molecule has 0 bridgehead atoms. The van der Waals surface area contributed by atoms with E-state index in [2.05, 4.69) is 244 Å². The molecule has 350 valence electrons. The Kier molecular flexibility index (Phi) is 10.8. The van der Waals surface area contributed by atoms with Gasteiger partial charge in [0.1, 0.15) is 10.0 Å². The molecule has 0 spiro atoms. The summed E-state index contributed by atoms with van der Waals surface area (Å²) in [5, 5.41) is 2.10. The number of hydrogen-bond donors (Lipinski definition) is 0. The van der Waals surface area contributed by atoms with Crippen LogP contribution in [0.5, 0.6) is 0 Å². The van der Waals surface area contributed by atoms with Gasteiger partial charge in [0, 0.05) is 56.1 Å². The van der Waals surface area contributed by atoms with Crippen molar-refractivity contribution in [2.24, 2.45) is 0 Å². The van der Waals surface area contributed by atoms with Crippen LogP contribution in [-0.4, -0.2) is 9.97 Å². The molecule has 72 heavy (non-hydrogen) atoms. The summed E-state index contributed by atoms with van der Waals surface area (Å²) >= 11 is 3.55. The second kappa shape index (κ2) is 17.6. The van der Waals surface area contributed by atoms with Crippen LogP contribution in [0.4, 0.5) is 34.1 Å². The number of rotatable bonds is 12. The summed E-state index contributed by atoms with van der Waals surface area (Å²) < 4.78 is 2.33. The van der Waals surface area contributed by atoms with E-state index < -0.39 is 0 Å². The molecular weight excluding hydrogens is 913 g/mol. The van der Waals surface area contributed by atoms with Crippen LogP contribution in [0, 0.1) is 0 Å². The molecule has 0 amide bonds. The molecular formula is C66H54N4S2. The quantitative estimate of drug-likeness (QED) is 0.122. The SMILES string of the molecule is CCC1(CC)c2cc(-c3nc4cc5sc(-c6ccc7c(c6)C(CC)(CC)c6cc(N(c8ccccc8)c8ccccc8)ccc6-7)nc5cc4s3)ccc2-c2ccc(N(c3ccccc3)c3ccccc3)cc21. The van der Waals surface area contributed by atoms with Crippen molar-refractivity contribution in [2.75, 3.05) is 9.80 Å². The maximum absolute atomic E-state index is 5.35. The molecule has 0 aliphatic heterocycles. The molecule has 0 atom stereocenters. The molecule has 0 saturated carbocycles. The fourth-order valence-electron chi connectivity index (χ4n) is 12.3. The van der Waals surface area contributed by atoms with Crippen LogP contribution in [0.1, 0.15) is 75.6 Å². The monoisotopic (exact) mass is 966 g/mol. The van der Waals surface area contributed by atoms with Crippen molar-refractivity contribution >= 4 is 77.2 Å². The number of fused-ring (bicyclic) bond motifs is 8. The number of nitrogens with zero attached hydrogens (tertiary/aromatic N) is 4. The van der Waals surface area contributed by atoms with Gasteiger partial charge in [-0.25, -0.2) is 9.97 Å². The Morgan fingerprint density at radius 2 is 0.639 bits per heavy atom. The van der Waals surface area contributed by atoms with E-state index in [0.717, 1.165) is 78.9 Å². The Balaban J connectivity index is 0.822. The van der Waals surface area contributed by atoms with Crippen molar-refractivity contribution in [2.45, 2.75) is 64.2 Å². The van der Waals surface area contributed by atoms with Crippen LogP contribution in [0.2, 0.25) is 0 Å². The standard InChI is InChI=1S/C66H54N4S2/c1-5-65(6-2)55-37-43(29-33-51(55)53-35-31-49(39-57(53)65)69(45-21-13-9-14-22-45)46-23-15-10-16-24-46)63-67-59-41-62-60(42-61(59)71-63)68-64(72-62)44-30-34-52-54-36-32-50(40-58(54)66(7-3,8-4)56(52)38-44)70(47-25-17-11-18-26-47)48-27-19-12-20-28-48/h9-42H,5-8H2,1-4H3. The van der Waals surface area contributed by atoms with Gasteiger partial charge in [0.15, 0.2) is 0 Å². The van der Waals surface area contributed by atoms with Gasteiger partial charge < -0.3 is 9.80 Å². The summed E-state index contributed by atoms with van der Waals surface area (Å²) in [5.41, 5.74) is 22.1. The Morgan fingerprint density at radius 1 is 0.333 bits per heavy atom. The third-order valence-electron chi connectivity index (χ3n) is 16.1. The Morgan fingerprint density at radius 3 is 0.958 bits per heavy atom. The van der Waals surface area contributed by atoms with E-state index in [0.29, 0.717) is 0 Å². The Labute approximate surface area is 430 Å². The van der Waals surface area contributed by atoms with Crippen LogP contribution in [0.15, 0.2) is 206 Å². The first-order valence-corrected chi connectivity index (χ1v) is 27.2. The average molecular weight is 967 g/mol. The molecule has 9 aromatic carbocycles. The summed E-state index contributed by atoms with van der Waals surface area (Å²) in [4.78, 5) is 15.5. The first-order chi connectivity index (χ1) is 35.4. The van der Waals surface area contributed by atoms with Gasteiger partial charge in [-0.1, -0.05) is 137 Å². The highest BCUT2D eigenvalue weighted by Crippen LogP contribution is 2.57. The average Bonchev–Trinajstić information content (AvgIpc) is 4.19. The number of aromatic nitrogens is 2. The number of hydrogen-bond acceptors (Lipinski definition) is 6. The van der Waals surface area contributed by atoms with Crippen molar-refractivity contribution in [1.29, 1.82) is 0 Å². The van der Waals surface area contributed by atoms with E-state index >= 15 is 0 Å². The molecule has 0 radical (unpaired) electrons. The lowest BCUT2D eigenvalue weighted by Crippen LogP contribution is -2.23. The number of anilines is 6. The van der Waals surface area contributed by atoms with Gasteiger partial charge in [-0.05, 0) is 167 Å². The highest BCUT2D eigenvalue weighted by molar-refractivity contribution is 7.23. The zero-order valence-corrected chi connectivity index (χ0v) is 42.7. The predicted octanol–water partition coefficient (Wildman–Crippen LogP) is 19.4. The zero-order valence-electron chi connectivity index (χ0n) is 41.1. The Hall–Kier alpha value is -7.64. The lowest BCUT2D eigenvalue weighted by Gasteiger charge is -2.32. The lowest BCUT2D eigenvalue weighted by molar-refractivity contribution is 0.490. The first-order valence-electron chi connectivity index (χ1n) is 25.5. The molecule has 2 heterocycles. The number of para-hydroxylation sites is 4. The molecule has 6 heteroatoms. The molecule has 0 fully saturated rings. The second-order valence-corrected chi connectivity index (χ2v) is 21.5. The highest BCUT2D eigenvalue weighted by atomic mass is 32.1. The smallest absolute Gasteiger partial charge is 0.124 e. The van der Waals surface area contributed by atoms with Crippen molar-refractivity contribution in [3.63, 3.8) is 0 Å². The normalized spacial score (nSPS) is 13.7. The summed E-state index contributed by atoms with van der Waals surface area (Å²) in [5.74, 6) is 0. The van der Waals surface area contributed by atoms with Crippen LogP contribution in [0.25, 0.3) is 63.8 Å². The highest BCUT2D eigenvalue weighted by Gasteiger charge is 2.43. The second-order valence-electron chi connectivity index (χ2n) is 19.4. The fourth-order valence-corrected chi connectivity index (χ4v) is 14.3. The minimum Gasteiger partial charge on any atom is -0.310 e. The van der Waals surface area contributed by atoms with Gasteiger partial charge in [-0.2, -0.15) is 0 Å². The number of benzene rings is 9. The van der Waals surface area contributed by atoms with Crippen LogP contribution >= 0.6 is 22.7 Å². The van der Waals surface area contributed by atoms with E-state index in [1.807, 2.05) is 0 Å². The lowest BCUT2D eigenvalue weighted by atomic mass is 9.73. The first kappa shape index (κ1) is 44.3. The third kappa shape index (κ3) is 6.91. The van der Waals surface area contributed by atoms with Gasteiger partial charge in [0.2, 0.25) is 0 Å². The van der Waals surface area contributed by atoms with Crippen molar-refractivity contribution < 1.29 is 0 Å². The molecule has 13 rings (SSSR count). The van der Waals surface area contributed by atoms with Crippen molar-refractivity contribution in [3.05, 3.63) is 229 Å². The van der Waals surface area contributed by atoms with Gasteiger partial charge in [-0.3, -0.25) is 0 Å². The maximum Gasteiger partial charge on any atom is 0.124 e. The summed E-state index contributed by atoms with van der Waals surface area (Å²) in [7, 11) is 0. The predicted molar refractivity (Wildman–Crippen MR) is 307 cm³/mol. The minimum atomic E-state index is -0.113. The van der Waals surface area contributed by atoms with Gasteiger partial charge in [0.25, 0.3) is 0 Å². The van der Waals surface area contributed by atoms with E-state index in [1.54, 1.807) is 22.7 Å². The topological polar surface area (TPSA) is 32.3 Å². The fraction of sp³-hybridized carbons (Fsp3) is 0.152. The molecule has 11 aromatic rings. The molecule has 2 aliphatic rings. The minimum absolute atomic E-state index is 0.113. The maximum atomic E-state index is 5.35. The van der Waals surface area contributed by atoms with Gasteiger partial charge in [0.05, 0.1) is 20.4 Å². The van der Waals surface area contributed by atoms with Crippen molar-refractivity contribution in [1.82, 2.24) is 9.97 Å². The van der Waals surface area contributed by atoms with Crippen LogP contribution < -0.4 is 9.80 Å². The van der Waals surface area contributed by atoms with Crippen molar-refractivity contribution in [3.8, 4) is 43.4 Å². The summed E-state index contributed by atoms with van der Waals surface area (Å²) in [6.45, 7) is 9.42. The number of thiazole rings is 2. The third-order valence-corrected chi connectivity index (χ3v) is 18.2. The van der Waals surface area contributed by atoms with Gasteiger partial charge >= 0.3 is 0 Å². The molecule has 4 nitrogen and oxygen atoms in total. The van der Waals surface area contributed by atoms with Crippen LogP contribution in [0.3, 0.4) is 0 Å².